The Morgan fingerprint density at radius 2 is 1.70 bits per heavy atom. The van der Waals surface area contributed by atoms with Crippen LogP contribution in [0, 0.1) is 11.8 Å². The Balaban J connectivity index is 4.59. The third-order valence-electron chi connectivity index (χ3n) is 3.50. The fourth-order valence-electron chi connectivity index (χ4n) is 2.11. The second-order valence-corrected chi connectivity index (χ2v) is 6.18. The molecule has 5 heteroatoms. The molecule has 2 amide bonds. The largest absolute Gasteiger partial charge is 0.368 e. The Bertz CT molecular complexity index is 316. The summed E-state index contributed by atoms with van der Waals surface area (Å²) in [4.78, 5) is 25.5. The van der Waals surface area contributed by atoms with E-state index in [1.165, 1.54) is 0 Å². The van der Waals surface area contributed by atoms with Crippen LogP contribution in [0.2, 0.25) is 0 Å². The van der Waals surface area contributed by atoms with Gasteiger partial charge < -0.3 is 10.6 Å². The van der Waals surface area contributed by atoms with Gasteiger partial charge in [-0.1, -0.05) is 34.1 Å². The van der Waals surface area contributed by atoms with Crippen molar-refractivity contribution >= 4 is 11.8 Å². The summed E-state index contributed by atoms with van der Waals surface area (Å²) in [6, 6.07) is -0.292. The maximum Gasteiger partial charge on any atom is 0.236 e. The van der Waals surface area contributed by atoms with Crippen LogP contribution in [0.15, 0.2) is 0 Å². The van der Waals surface area contributed by atoms with E-state index in [1.54, 1.807) is 0 Å². The van der Waals surface area contributed by atoms with Crippen molar-refractivity contribution in [1.82, 2.24) is 10.2 Å². The van der Waals surface area contributed by atoms with E-state index in [0.717, 1.165) is 13.0 Å². The van der Waals surface area contributed by atoms with Crippen molar-refractivity contribution in [3.05, 3.63) is 0 Å². The molecule has 0 aliphatic carbocycles. The van der Waals surface area contributed by atoms with E-state index >= 15 is 0 Å². The monoisotopic (exact) mass is 285 g/mol. The molecule has 0 aromatic heterocycles. The van der Waals surface area contributed by atoms with Gasteiger partial charge in [-0.25, -0.2) is 0 Å². The third kappa shape index (κ3) is 6.37. The van der Waals surface area contributed by atoms with Gasteiger partial charge in [-0.05, 0) is 25.7 Å². The molecule has 0 heterocycles. The Labute approximate surface area is 123 Å². The lowest BCUT2D eigenvalue weighted by Gasteiger charge is -2.30. The number of nitrogens with two attached hydrogens (primary N) is 1. The lowest BCUT2D eigenvalue weighted by molar-refractivity contribution is -0.132. The van der Waals surface area contributed by atoms with E-state index in [2.05, 4.69) is 19.2 Å². The topological polar surface area (TPSA) is 75.4 Å². The van der Waals surface area contributed by atoms with Gasteiger partial charge in [-0.3, -0.25) is 14.9 Å². The van der Waals surface area contributed by atoms with Crippen molar-refractivity contribution in [3.63, 3.8) is 0 Å². The maximum atomic E-state index is 12.3. The van der Waals surface area contributed by atoms with E-state index in [4.69, 9.17) is 5.73 Å². The van der Waals surface area contributed by atoms with Crippen molar-refractivity contribution in [2.75, 3.05) is 13.1 Å². The highest BCUT2D eigenvalue weighted by Gasteiger charge is 2.24. The van der Waals surface area contributed by atoms with Crippen LogP contribution in [-0.4, -0.2) is 41.9 Å². The van der Waals surface area contributed by atoms with Crippen molar-refractivity contribution in [3.8, 4) is 0 Å². The minimum Gasteiger partial charge on any atom is -0.368 e. The molecule has 0 aliphatic rings. The Morgan fingerprint density at radius 3 is 2.05 bits per heavy atom. The van der Waals surface area contributed by atoms with Gasteiger partial charge in [0, 0.05) is 12.6 Å². The minimum atomic E-state index is -0.447. The van der Waals surface area contributed by atoms with Crippen molar-refractivity contribution in [2.45, 2.75) is 60.0 Å². The number of carbonyl (C=O) groups excluding carboxylic acids is 2. The predicted molar refractivity (Wildman–Crippen MR) is 82.1 cm³/mol. The quantitative estimate of drug-likeness (QED) is 0.672. The molecule has 0 spiro atoms. The number of rotatable bonds is 9. The number of nitrogens with zero attached hydrogens (tertiary/aromatic N) is 1. The molecule has 0 unspecified atom stereocenters. The highest BCUT2D eigenvalue weighted by molar-refractivity contribution is 5.82. The number of hydrogen-bond acceptors (Lipinski definition) is 3. The normalized spacial score (nSPS) is 14.4. The molecule has 0 fully saturated rings. The molecule has 0 radical (unpaired) electrons. The van der Waals surface area contributed by atoms with Gasteiger partial charge >= 0.3 is 0 Å². The maximum absolute atomic E-state index is 12.3. The van der Waals surface area contributed by atoms with Gasteiger partial charge in [0.2, 0.25) is 11.8 Å². The molecule has 0 bridgehead atoms. The van der Waals surface area contributed by atoms with E-state index < -0.39 is 11.9 Å². The first-order chi connectivity index (χ1) is 9.20. The van der Waals surface area contributed by atoms with Gasteiger partial charge in [-0.2, -0.15) is 0 Å². The molecule has 2 atom stereocenters. The zero-order chi connectivity index (χ0) is 15.9. The first-order valence-electron chi connectivity index (χ1n) is 7.52. The molecule has 0 aromatic carbocycles. The Kier molecular flexibility index (Phi) is 8.46. The van der Waals surface area contributed by atoms with Crippen LogP contribution in [0.3, 0.4) is 0 Å². The summed E-state index contributed by atoms with van der Waals surface area (Å²) >= 11 is 0. The Morgan fingerprint density at radius 1 is 1.15 bits per heavy atom. The van der Waals surface area contributed by atoms with Gasteiger partial charge in [0.15, 0.2) is 0 Å². The molecule has 3 N–H and O–H groups in total. The zero-order valence-electron chi connectivity index (χ0n) is 13.8. The number of carbonyl (C=O) groups is 2. The summed E-state index contributed by atoms with van der Waals surface area (Å²) in [7, 11) is 0. The zero-order valence-corrected chi connectivity index (χ0v) is 13.8. The van der Waals surface area contributed by atoms with Crippen LogP contribution in [0.25, 0.3) is 0 Å². The standard InChI is InChI=1S/C15H31N3O2/c1-7-12(6)14(15(16)20)17-8-13(19)18(11(4)5)9-10(2)3/h10-12,14,17H,7-9H2,1-6H3,(H2,16,20)/t12-,14+/m1/s1. The van der Waals surface area contributed by atoms with Crippen LogP contribution in [-0.2, 0) is 9.59 Å². The molecular weight excluding hydrogens is 254 g/mol. The SMILES string of the molecule is CC[C@@H](C)[C@H](NCC(=O)N(CC(C)C)C(C)C)C(N)=O. The molecule has 20 heavy (non-hydrogen) atoms. The van der Waals surface area contributed by atoms with E-state index in [0.29, 0.717) is 5.92 Å². The second-order valence-electron chi connectivity index (χ2n) is 6.18. The third-order valence-corrected chi connectivity index (χ3v) is 3.50. The summed E-state index contributed by atoms with van der Waals surface area (Å²) in [6.07, 6.45) is 0.842. The predicted octanol–water partition coefficient (Wildman–Crippen LogP) is 1.37. The second kappa shape index (κ2) is 8.95. The highest BCUT2D eigenvalue weighted by atomic mass is 16.2. The van der Waals surface area contributed by atoms with Crippen molar-refractivity contribution in [1.29, 1.82) is 0 Å². The fourth-order valence-corrected chi connectivity index (χ4v) is 2.11. The molecule has 5 nitrogen and oxygen atoms in total. The summed E-state index contributed by atoms with van der Waals surface area (Å²) in [6.45, 7) is 13.0. The molecule has 118 valence electrons. The van der Waals surface area contributed by atoms with Crippen molar-refractivity contribution < 1.29 is 9.59 Å². The van der Waals surface area contributed by atoms with Crippen LogP contribution < -0.4 is 11.1 Å². The number of nitrogens with one attached hydrogen (secondary N) is 1. The molecule has 0 aromatic rings. The Hall–Kier alpha value is -1.10. The van der Waals surface area contributed by atoms with E-state index in [1.807, 2.05) is 32.6 Å². The van der Waals surface area contributed by atoms with Gasteiger partial charge in [0.05, 0.1) is 12.6 Å². The first kappa shape index (κ1) is 18.9. The summed E-state index contributed by atoms with van der Waals surface area (Å²) in [5.74, 6) is 0.163. The van der Waals surface area contributed by atoms with Crippen LogP contribution in [0.1, 0.15) is 48.0 Å². The van der Waals surface area contributed by atoms with Crippen LogP contribution >= 0.6 is 0 Å². The van der Waals surface area contributed by atoms with Crippen molar-refractivity contribution in [2.24, 2.45) is 17.6 Å². The highest BCUT2D eigenvalue weighted by Crippen LogP contribution is 2.08. The number of primary amides is 1. The van der Waals surface area contributed by atoms with Crippen LogP contribution in [0.5, 0.6) is 0 Å². The van der Waals surface area contributed by atoms with Gasteiger partial charge in [0.1, 0.15) is 0 Å². The van der Waals surface area contributed by atoms with E-state index in [9.17, 15) is 9.59 Å². The smallest absolute Gasteiger partial charge is 0.236 e. The average molecular weight is 285 g/mol. The van der Waals surface area contributed by atoms with E-state index in [-0.39, 0.29) is 24.4 Å². The number of amides is 2. The van der Waals surface area contributed by atoms with Gasteiger partial charge in [0.25, 0.3) is 0 Å². The molecule has 0 saturated carbocycles. The van der Waals surface area contributed by atoms with Gasteiger partial charge in [-0.15, -0.1) is 0 Å². The molecule has 0 rings (SSSR count). The molecular formula is C15H31N3O2. The molecule has 0 aliphatic heterocycles. The summed E-state index contributed by atoms with van der Waals surface area (Å²) in [5.41, 5.74) is 5.39. The first-order valence-corrected chi connectivity index (χ1v) is 7.52. The fraction of sp³-hybridized carbons (Fsp3) is 0.867. The minimum absolute atomic E-state index is 0.0169. The lowest BCUT2D eigenvalue weighted by Crippen LogP contribution is -2.51. The molecule has 0 saturated heterocycles. The average Bonchev–Trinajstić information content (AvgIpc) is 2.34. The lowest BCUT2D eigenvalue weighted by atomic mass is 9.98. The van der Waals surface area contributed by atoms with Crippen LogP contribution in [0.4, 0.5) is 0 Å². The summed E-state index contributed by atoms with van der Waals surface area (Å²) in [5, 5.41) is 3.01. The summed E-state index contributed by atoms with van der Waals surface area (Å²) < 4.78 is 0. The number of hydrogen-bond donors (Lipinski definition) is 2.